The van der Waals surface area contributed by atoms with Crippen LogP contribution in [0.3, 0.4) is 0 Å². The summed E-state index contributed by atoms with van der Waals surface area (Å²) in [6.45, 7) is 6.41. The lowest BCUT2D eigenvalue weighted by Crippen LogP contribution is -2.38. The van der Waals surface area contributed by atoms with Gasteiger partial charge in [0.2, 0.25) is 0 Å². The van der Waals surface area contributed by atoms with Gasteiger partial charge in [0, 0.05) is 13.6 Å². The Morgan fingerprint density at radius 2 is 1.84 bits per heavy atom. The SMILES string of the molecule is CCOc1cccc(CCNC(=NCc2ccc(OC)cc2)NCc2nnc(C)n2C)c1. The fourth-order valence-corrected chi connectivity index (χ4v) is 3.13. The third-order valence-corrected chi connectivity index (χ3v) is 5.09. The Labute approximate surface area is 189 Å². The Kier molecular flexibility index (Phi) is 8.48. The highest BCUT2D eigenvalue weighted by Crippen LogP contribution is 2.14. The maximum absolute atomic E-state index is 5.60. The molecule has 32 heavy (non-hydrogen) atoms. The van der Waals surface area contributed by atoms with Gasteiger partial charge in [-0.15, -0.1) is 10.2 Å². The second-order valence-corrected chi connectivity index (χ2v) is 7.35. The van der Waals surface area contributed by atoms with E-state index in [4.69, 9.17) is 14.5 Å². The van der Waals surface area contributed by atoms with E-state index in [9.17, 15) is 0 Å². The molecule has 0 saturated heterocycles. The van der Waals surface area contributed by atoms with E-state index < -0.39 is 0 Å². The maximum Gasteiger partial charge on any atom is 0.191 e. The van der Waals surface area contributed by atoms with Gasteiger partial charge in [0.05, 0.1) is 26.8 Å². The highest BCUT2D eigenvalue weighted by Gasteiger charge is 2.07. The molecule has 2 aromatic carbocycles. The molecule has 0 aliphatic rings. The minimum atomic E-state index is 0.533. The third kappa shape index (κ3) is 6.73. The van der Waals surface area contributed by atoms with Crippen LogP contribution in [0.1, 0.15) is 29.7 Å². The van der Waals surface area contributed by atoms with Crippen LogP contribution >= 0.6 is 0 Å². The molecule has 0 amide bonds. The summed E-state index contributed by atoms with van der Waals surface area (Å²) in [5.41, 5.74) is 2.31. The van der Waals surface area contributed by atoms with E-state index in [1.165, 1.54) is 5.56 Å². The molecule has 2 N–H and O–H groups in total. The number of aryl methyl sites for hydroxylation is 1. The van der Waals surface area contributed by atoms with Gasteiger partial charge in [0.15, 0.2) is 11.8 Å². The standard InChI is InChI=1S/C24H32N6O2/c1-5-32-22-8-6-7-19(15-22)13-14-25-24(27-17-23-29-28-18(2)30(23)3)26-16-20-9-11-21(31-4)12-10-20/h6-12,15H,5,13-14,16-17H2,1-4H3,(H2,25,26,27). The average Bonchev–Trinajstić information content (AvgIpc) is 3.13. The van der Waals surface area contributed by atoms with Gasteiger partial charge in [-0.3, -0.25) is 0 Å². The summed E-state index contributed by atoms with van der Waals surface area (Å²) >= 11 is 0. The molecule has 1 aromatic heterocycles. The first kappa shape index (κ1) is 23.1. The number of aliphatic imine (C=N–C) groups is 1. The van der Waals surface area contributed by atoms with Crippen molar-refractivity contribution in [2.45, 2.75) is 33.4 Å². The molecule has 0 aliphatic heterocycles. The first-order valence-corrected chi connectivity index (χ1v) is 10.8. The first-order chi connectivity index (χ1) is 15.6. The molecule has 0 unspecified atom stereocenters. The number of hydrogen-bond acceptors (Lipinski definition) is 5. The van der Waals surface area contributed by atoms with Crippen LogP contribution in [0, 0.1) is 6.92 Å². The van der Waals surface area contributed by atoms with Crippen LogP contribution in [0.5, 0.6) is 11.5 Å². The molecular formula is C24H32N6O2. The van der Waals surface area contributed by atoms with Gasteiger partial charge in [-0.25, -0.2) is 4.99 Å². The van der Waals surface area contributed by atoms with Gasteiger partial charge >= 0.3 is 0 Å². The van der Waals surface area contributed by atoms with Gasteiger partial charge in [-0.1, -0.05) is 24.3 Å². The number of methoxy groups -OCH3 is 1. The zero-order valence-electron chi connectivity index (χ0n) is 19.3. The lowest BCUT2D eigenvalue weighted by molar-refractivity contribution is 0.340. The second-order valence-electron chi connectivity index (χ2n) is 7.35. The predicted molar refractivity (Wildman–Crippen MR) is 126 cm³/mol. The summed E-state index contributed by atoms with van der Waals surface area (Å²) in [5.74, 6) is 4.18. The van der Waals surface area contributed by atoms with Gasteiger partial charge in [-0.2, -0.15) is 0 Å². The molecule has 0 fully saturated rings. The Morgan fingerprint density at radius 3 is 2.53 bits per heavy atom. The summed E-state index contributed by atoms with van der Waals surface area (Å²) in [6.07, 6.45) is 0.854. The molecule has 0 spiro atoms. The van der Waals surface area contributed by atoms with Gasteiger partial charge in [0.25, 0.3) is 0 Å². The topological polar surface area (TPSA) is 85.6 Å². The zero-order chi connectivity index (χ0) is 22.8. The highest BCUT2D eigenvalue weighted by molar-refractivity contribution is 5.79. The van der Waals surface area contributed by atoms with Gasteiger partial charge in [0.1, 0.15) is 17.3 Å². The fraction of sp³-hybridized carbons (Fsp3) is 0.375. The minimum Gasteiger partial charge on any atom is -0.497 e. The Hall–Kier alpha value is -3.55. The largest absolute Gasteiger partial charge is 0.497 e. The molecule has 0 bridgehead atoms. The highest BCUT2D eigenvalue weighted by atomic mass is 16.5. The van der Waals surface area contributed by atoms with Crippen molar-refractivity contribution in [3.8, 4) is 11.5 Å². The van der Waals surface area contributed by atoms with E-state index in [0.717, 1.165) is 47.6 Å². The number of guanidine groups is 1. The Bertz CT molecular complexity index is 1010. The molecule has 1 heterocycles. The molecular weight excluding hydrogens is 404 g/mol. The summed E-state index contributed by atoms with van der Waals surface area (Å²) < 4.78 is 12.8. The van der Waals surface area contributed by atoms with Crippen LogP contribution in [0.4, 0.5) is 0 Å². The molecule has 0 atom stereocenters. The van der Waals surface area contributed by atoms with E-state index >= 15 is 0 Å². The normalized spacial score (nSPS) is 11.3. The van der Waals surface area contributed by atoms with Crippen molar-refractivity contribution in [3.05, 3.63) is 71.3 Å². The molecule has 0 aliphatic carbocycles. The number of nitrogens with zero attached hydrogens (tertiary/aromatic N) is 4. The molecule has 8 heteroatoms. The lowest BCUT2D eigenvalue weighted by Gasteiger charge is -2.13. The van der Waals surface area contributed by atoms with Crippen molar-refractivity contribution in [2.75, 3.05) is 20.3 Å². The number of ether oxygens (including phenoxy) is 2. The molecule has 0 radical (unpaired) electrons. The monoisotopic (exact) mass is 436 g/mol. The molecule has 0 saturated carbocycles. The van der Waals surface area contributed by atoms with Crippen molar-refractivity contribution < 1.29 is 9.47 Å². The van der Waals surface area contributed by atoms with Crippen LogP contribution in [0.15, 0.2) is 53.5 Å². The van der Waals surface area contributed by atoms with Crippen LogP contribution in [0.2, 0.25) is 0 Å². The van der Waals surface area contributed by atoms with Gasteiger partial charge in [-0.05, 0) is 55.7 Å². The summed E-state index contributed by atoms with van der Waals surface area (Å²) in [4.78, 5) is 4.75. The van der Waals surface area contributed by atoms with Crippen LogP contribution < -0.4 is 20.1 Å². The predicted octanol–water partition coefficient (Wildman–Crippen LogP) is 3.01. The van der Waals surface area contributed by atoms with Crippen molar-refractivity contribution in [1.29, 1.82) is 0 Å². The number of nitrogens with one attached hydrogen (secondary N) is 2. The molecule has 3 rings (SSSR count). The van der Waals surface area contributed by atoms with Crippen molar-refractivity contribution in [2.24, 2.45) is 12.0 Å². The lowest BCUT2D eigenvalue weighted by atomic mass is 10.1. The Balaban J connectivity index is 1.63. The van der Waals surface area contributed by atoms with Crippen molar-refractivity contribution in [1.82, 2.24) is 25.4 Å². The minimum absolute atomic E-state index is 0.533. The van der Waals surface area contributed by atoms with E-state index in [0.29, 0.717) is 19.7 Å². The van der Waals surface area contributed by atoms with E-state index in [-0.39, 0.29) is 0 Å². The van der Waals surface area contributed by atoms with Crippen molar-refractivity contribution >= 4 is 5.96 Å². The zero-order valence-corrected chi connectivity index (χ0v) is 19.3. The number of aromatic nitrogens is 3. The average molecular weight is 437 g/mol. The molecule has 8 nitrogen and oxygen atoms in total. The summed E-state index contributed by atoms with van der Waals surface area (Å²) in [5, 5.41) is 15.1. The molecule has 3 aromatic rings. The second kappa shape index (κ2) is 11.7. The van der Waals surface area contributed by atoms with Crippen LogP contribution in [0.25, 0.3) is 0 Å². The Morgan fingerprint density at radius 1 is 1.03 bits per heavy atom. The molecule has 170 valence electrons. The first-order valence-electron chi connectivity index (χ1n) is 10.8. The van der Waals surface area contributed by atoms with E-state index in [2.05, 4.69) is 33.0 Å². The number of rotatable bonds is 10. The van der Waals surface area contributed by atoms with E-state index in [1.54, 1.807) is 7.11 Å². The number of benzene rings is 2. The van der Waals surface area contributed by atoms with Crippen LogP contribution in [-0.2, 0) is 26.6 Å². The third-order valence-electron chi connectivity index (χ3n) is 5.09. The van der Waals surface area contributed by atoms with Gasteiger partial charge < -0.3 is 24.7 Å². The van der Waals surface area contributed by atoms with Crippen molar-refractivity contribution in [3.63, 3.8) is 0 Å². The summed E-state index contributed by atoms with van der Waals surface area (Å²) in [6, 6.07) is 16.1. The fourth-order valence-electron chi connectivity index (χ4n) is 3.13. The maximum atomic E-state index is 5.60. The van der Waals surface area contributed by atoms with E-state index in [1.807, 2.05) is 61.9 Å². The van der Waals surface area contributed by atoms with Crippen LogP contribution in [-0.4, -0.2) is 41.0 Å². The number of hydrogen-bond donors (Lipinski definition) is 2. The smallest absolute Gasteiger partial charge is 0.191 e. The summed E-state index contributed by atoms with van der Waals surface area (Å²) in [7, 11) is 3.62. The quantitative estimate of drug-likeness (QED) is 0.375.